The van der Waals surface area contributed by atoms with Gasteiger partial charge in [-0.15, -0.1) is 0 Å². The van der Waals surface area contributed by atoms with Gasteiger partial charge in [-0.1, -0.05) is 40.5 Å². The number of hydrogen-bond acceptors (Lipinski definition) is 6. The zero-order chi connectivity index (χ0) is 16.2. The summed E-state index contributed by atoms with van der Waals surface area (Å²) >= 11 is 11.8. The fourth-order valence-corrected chi connectivity index (χ4v) is 2.19. The lowest BCUT2D eigenvalue weighted by atomic mass is 10.2. The summed E-state index contributed by atoms with van der Waals surface area (Å²) in [5.74, 6) is 1.33. The molecule has 0 saturated heterocycles. The van der Waals surface area contributed by atoms with Crippen molar-refractivity contribution >= 4 is 29.0 Å². The van der Waals surface area contributed by atoms with E-state index in [1.165, 1.54) is 0 Å². The molecule has 0 saturated carbocycles. The minimum atomic E-state index is 0.154. The van der Waals surface area contributed by atoms with Gasteiger partial charge < -0.3 is 9.84 Å². The Morgan fingerprint density at radius 3 is 2.83 bits per heavy atom. The smallest absolute Gasteiger partial charge is 0.246 e. The molecule has 0 atom stereocenters. The van der Waals surface area contributed by atoms with Crippen LogP contribution in [0, 0.1) is 11.3 Å². The van der Waals surface area contributed by atoms with E-state index < -0.39 is 0 Å². The number of benzene rings is 1. The summed E-state index contributed by atoms with van der Waals surface area (Å²) in [6, 6.07) is 12.4. The van der Waals surface area contributed by atoms with Gasteiger partial charge in [0.05, 0.1) is 11.6 Å². The number of pyridine rings is 1. The lowest BCUT2D eigenvalue weighted by molar-refractivity contribution is 0.384. The number of anilines is 1. The third-order valence-electron chi connectivity index (χ3n) is 2.92. The lowest BCUT2D eigenvalue weighted by Crippen LogP contribution is -2.02. The van der Waals surface area contributed by atoms with Crippen molar-refractivity contribution in [1.29, 1.82) is 5.26 Å². The van der Waals surface area contributed by atoms with Crippen LogP contribution in [0.3, 0.4) is 0 Å². The first-order chi connectivity index (χ1) is 11.2. The molecule has 0 aliphatic rings. The Hall–Kier alpha value is -2.62. The first-order valence-electron chi connectivity index (χ1n) is 6.55. The first kappa shape index (κ1) is 15.3. The van der Waals surface area contributed by atoms with E-state index in [0.717, 1.165) is 5.56 Å². The SMILES string of the molecule is N#Cc1nc(NCc2nc(-c3cccc(Cl)c3)no2)ccc1Cl. The van der Waals surface area contributed by atoms with Crippen LogP contribution in [-0.2, 0) is 6.54 Å². The monoisotopic (exact) mass is 345 g/mol. The molecular formula is C15H9Cl2N5O. The molecule has 6 nitrogen and oxygen atoms in total. The van der Waals surface area contributed by atoms with E-state index in [0.29, 0.717) is 27.6 Å². The summed E-state index contributed by atoms with van der Waals surface area (Å²) in [5, 5.41) is 16.7. The zero-order valence-corrected chi connectivity index (χ0v) is 13.1. The van der Waals surface area contributed by atoms with Crippen molar-refractivity contribution in [2.75, 3.05) is 5.32 Å². The topological polar surface area (TPSA) is 87.6 Å². The Labute approximate surface area is 141 Å². The highest BCUT2D eigenvalue weighted by atomic mass is 35.5. The van der Waals surface area contributed by atoms with Crippen molar-refractivity contribution in [2.45, 2.75) is 6.54 Å². The second-order valence-electron chi connectivity index (χ2n) is 4.51. The lowest BCUT2D eigenvalue weighted by Gasteiger charge is -2.03. The maximum atomic E-state index is 8.90. The normalized spacial score (nSPS) is 10.3. The summed E-state index contributed by atoms with van der Waals surface area (Å²) in [6.07, 6.45) is 0. The molecule has 2 heterocycles. The van der Waals surface area contributed by atoms with Crippen molar-refractivity contribution in [2.24, 2.45) is 0 Å². The molecule has 0 aliphatic carbocycles. The maximum Gasteiger partial charge on any atom is 0.246 e. The molecule has 2 aromatic heterocycles. The van der Waals surface area contributed by atoms with Crippen molar-refractivity contribution in [3.63, 3.8) is 0 Å². The summed E-state index contributed by atoms with van der Waals surface area (Å²) in [4.78, 5) is 8.35. The number of nitrogens with zero attached hydrogens (tertiary/aromatic N) is 4. The molecule has 23 heavy (non-hydrogen) atoms. The second kappa shape index (κ2) is 6.65. The molecule has 0 amide bonds. The molecule has 1 N–H and O–H groups in total. The summed E-state index contributed by atoms with van der Waals surface area (Å²) in [7, 11) is 0. The molecule has 114 valence electrons. The van der Waals surface area contributed by atoms with Crippen LogP contribution in [0.1, 0.15) is 11.6 Å². The summed E-state index contributed by atoms with van der Waals surface area (Å²) < 4.78 is 5.18. The summed E-state index contributed by atoms with van der Waals surface area (Å²) in [6.45, 7) is 0.271. The molecule has 3 aromatic rings. The molecule has 0 spiro atoms. The van der Waals surface area contributed by atoms with Crippen molar-refractivity contribution in [3.05, 3.63) is 58.0 Å². The van der Waals surface area contributed by atoms with Crippen LogP contribution in [0.15, 0.2) is 40.9 Å². The van der Waals surface area contributed by atoms with Gasteiger partial charge in [-0.3, -0.25) is 0 Å². The standard InChI is InChI=1S/C15H9Cl2N5O/c16-10-3-1-2-9(6-10)15-21-14(23-22-15)8-19-13-5-4-11(17)12(7-18)20-13/h1-6H,8H2,(H,19,20). The highest BCUT2D eigenvalue weighted by molar-refractivity contribution is 6.31. The van der Waals surface area contributed by atoms with Crippen LogP contribution in [0.2, 0.25) is 10.0 Å². The van der Waals surface area contributed by atoms with Gasteiger partial charge >= 0.3 is 0 Å². The van der Waals surface area contributed by atoms with Gasteiger partial charge in [0.1, 0.15) is 11.9 Å². The molecule has 0 radical (unpaired) electrons. The average Bonchev–Trinajstić information content (AvgIpc) is 3.03. The Morgan fingerprint density at radius 1 is 1.17 bits per heavy atom. The van der Waals surface area contributed by atoms with Crippen LogP contribution in [0.25, 0.3) is 11.4 Å². The van der Waals surface area contributed by atoms with Gasteiger partial charge in [0.15, 0.2) is 5.69 Å². The third kappa shape index (κ3) is 3.59. The van der Waals surface area contributed by atoms with Gasteiger partial charge in [0.2, 0.25) is 11.7 Å². The number of hydrogen-bond donors (Lipinski definition) is 1. The van der Waals surface area contributed by atoms with Crippen LogP contribution in [0.5, 0.6) is 0 Å². The Kier molecular flexibility index (Phi) is 4.42. The number of nitrogens with one attached hydrogen (secondary N) is 1. The molecular weight excluding hydrogens is 337 g/mol. The van der Waals surface area contributed by atoms with Crippen molar-refractivity contribution in [1.82, 2.24) is 15.1 Å². The van der Waals surface area contributed by atoms with Gasteiger partial charge in [-0.05, 0) is 24.3 Å². The number of aromatic nitrogens is 3. The van der Waals surface area contributed by atoms with Crippen LogP contribution in [-0.4, -0.2) is 15.1 Å². The van der Waals surface area contributed by atoms with Gasteiger partial charge in [-0.2, -0.15) is 10.2 Å². The van der Waals surface area contributed by atoms with E-state index >= 15 is 0 Å². The van der Waals surface area contributed by atoms with E-state index in [4.69, 9.17) is 33.0 Å². The van der Waals surface area contributed by atoms with E-state index in [9.17, 15) is 0 Å². The second-order valence-corrected chi connectivity index (χ2v) is 5.36. The molecule has 0 fully saturated rings. The molecule has 8 heteroatoms. The first-order valence-corrected chi connectivity index (χ1v) is 7.30. The van der Waals surface area contributed by atoms with Gasteiger partial charge in [0.25, 0.3) is 0 Å². The van der Waals surface area contributed by atoms with E-state index in [2.05, 4.69) is 20.4 Å². The highest BCUT2D eigenvalue weighted by Gasteiger charge is 2.09. The zero-order valence-electron chi connectivity index (χ0n) is 11.6. The summed E-state index contributed by atoms with van der Waals surface area (Å²) in [5.41, 5.74) is 0.922. The minimum absolute atomic E-state index is 0.154. The third-order valence-corrected chi connectivity index (χ3v) is 3.46. The molecule has 1 aromatic carbocycles. The Balaban J connectivity index is 1.71. The highest BCUT2D eigenvalue weighted by Crippen LogP contribution is 2.20. The van der Waals surface area contributed by atoms with E-state index in [1.807, 2.05) is 18.2 Å². The fourth-order valence-electron chi connectivity index (χ4n) is 1.86. The van der Waals surface area contributed by atoms with E-state index in [1.54, 1.807) is 24.3 Å². The Bertz CT molecular complexity index is 888. The van der Waals surface area contributed by atoms with Gasteiger partial charge in [-0.25, -0.2) is 4.98 Å². The predicted octanol–water partition coefficient (Wildman–Crippen LogP) is 3.92. The number of halogens is 2. The van der Waals surface area contributed by atoms with Crippen molar-refractivity contribution in [3.8, 4) is 17.5 Å². The van der Waals surface area contributed by atoms with Crippen LogP contribution >= 0.6 is 23.2 Å². The van der Waals surface area contributed by atoms with E-state index in [-0.39, 0.29) is 12.2 Å². The van der Waals surface area contributed by atoms with Gasteiger partial charge in [0, 0.05) is 10.6 Å². The van der Waals surface area contributed by atoms with Crippen molar-refractivity contribution < 1.29 is 4.52 Å². The molecule has 0 unspecified atom stereocenters. The Morgan fingerprint density at radius 2 is 2.04 bits per heavy atom. The fraction of sp³-hybridized carbons (Fsp3) is 0.0667. The molecule has 3 rings (SSSR count). The average molecular weight is 346 g/mol. The molecule has 0 bridgehead atoms. The number of rotatable bonds is 4. The quantitative estimate of drug-likeness (QED) is 0.770. The van der Waals surface area contributed by atoms with Crippen LogP contribution < -0.4 is 5.32 Å². The molecule has 0 aliphatic heterocycles. The minimum Gasteiger partial charge on any atom is -0.361 e. The maximum absolute atomic E-state index is 8.90. The largest absolute Gasteiger partial charge is 0.361 e. The van der Waals surface area contributed by atoms with Crippen LogP contribution in [0.4, 0.5) is 5.82 Å². The number of nitriles is 1. The predicted molar refractivity (Wildman–Crippen MR) is 86.0 cm³/mol.